The summed E-state index contributed by atoms with van der Waals surface area (Å²) >= 11 is 0. The number of hydrogen-bond donors (Lipinski definition) is 1. The van der Waals surface area contributed by atoms with Crippen molar-refractivity contribution in [3.63, 3.8) is 0 Å². The van der Waals surface area contributed by atoms with E-state index in [4.69, 9.17) is 9.73 Å². The second-order valence-corrected chi connectivity index (χ2v) is 6.97. The van der Waals surface area contributed by atoms with Gasteiger partial charge >= 0.3 is 0 Å². The van der Waals surface area contributed by atoms with Gasteiger partial charge in [0.05, 0.1) is 6.61 Å². The molecule has 1 saturated heterocycles. The minimum atomic E-state index is 0.625. The third-order valence-corrected chi connectivity index (χ3v) is 4.72. The van der Waals surface area contributed by atoms with E-state index in [2.05, 4.69) is 57.1 Å². The van der Waals surface area contributed by atoms with Gasteiger partial charge in [-0.25, -0.2) is 0 Å². The molecule has 4 nitrogen and oxygen atoms in total. The molecule has 0 amide bonds. The molecule has 134 valence electrons. The maximum absolute atomic E-state index is 5.49. The van der Waals surface area contributed by atoms with E-state index in [0.717, 1.165) is 51.6 Å². The first-order valence-corrected chi connectivity index (χ1v) is 9.15. The van der Waals surface area contributed by atoms with E-state index in [0.29, 0.717) is 5.92 Å². The molecule has 0 bridgehead atoms. The third kappa shape index (κ3) is 5.23. The molecule has 24 heavy (non-hydrogen) atoms. The van der Waals surface area contributed by atoms with Crippen LogP contribution in [0.1, 0.15) is 35.6 Å². The van der Waals surface area contributed by atoms with Gasteiger partial charge in [-0.05, 0) is 57.2 Å². The Morgan fingerprint density at radius 2 is 2.00 bits per heavy atom. The number of aryl methyl sites for hydroxylation is 3. The molecule has 1 fully saturated rings. The molecule has 1 aromatic rings. The lowest BCUT2D eigenvalue weighted by atomic mass is 9.97. The number of benzene rings is 1. The van der Waals surface area contributed by atoms with Gasteiger partial charge in [-0.15, -0.1) is 0 Å². The molecule has 0 aromatic heterocycles. The summed E-state index contributed by atoms with van der Waals surface area (Å²) in [5, 5.41) is 3.42. The molecule has 2 rings (SSSR count). The first-order chi connectivity index (χ1) is 11.5. The lowest BCUT2D eigenvalue weighted by molar-refractivity contribution is 0.181. The Bertz CT molecular complexity index is 539. The lowest BCUT2D eigenvalue weighted by Crippen LogP contribution is -2.41. The fourth-order valence-corrected chi connectivity index (χ4v) is 3.55. The first kappa shape index (κ1) is 18.8. The highest BCUT2D eigenvalue weighted by Crippen LogP contribution is 2.17. The molecule has 1 aliphatic rings. The Labute approximate surface area is 147 Å². The van der Waals surface area contributed by atoms with E-state index < -0.39 is 0 Å². The molecule has 0 spiro atoms. The van der Waals surface area contributed by atoms with Crippen LogP contribution in [-0.2, 0) is 11.2 Å². The van der Waals surface area contributed by atoms with Crippen molar-refractivity contribution >= 4 is 5.96 Å². The summed E-state index contributed by atoms with van der Waals surface area (Å²) < 4.78 is 5.49. The average molecular weight is 332 g/mol. The van der Waals surface area contributed by atoms with Gasteiger partial charge in [0, 0.05) is 39.2 Å². The molecular formula is C20H33N3O. The number of rotatable bonds is 6. The maximum atomic E-state index is 5.49. The lowest BCUT2D eigenvalue weighted by Gasteiger charge is -2.24. The van der Waals surface area contributed by atoms with Crippen LogP contribution >= 0.6 is 0 Å². The predicted molar refractivity (Wildman–Crippen MR) is 102 cm³/mol. The largest absolute Gasteiger partial charge is 0.381 e. The van der Waals surface area contributed by atoms with E-state index in [1.165, 1.54) is 22.3 Å². The highest BCUT2D eigenvalue weighted by molar-refractivity contribution is 5.79. The predicted octanol–water partition coefficient (Wildman–Crippen LogP) is 3.09. The summed E-state index contributed by atoms with van der Waals surface area (Å²) in [7, 11) is 2.13. The van der Waals surface area contributed by atoms with Crippen molar-refractivity contribution in [2.75, 3.05) is 39.9 Å². The van der Waals surface area contributed by atoms with E-state index >= 15 is 0 Å². The van der Waals surface area contributed by atoms with Crippen molar-refractivity contribution < 1.29 is 4.74 Å². The number of hydrogen-bond acceptors (Lipinski definition) is 2. The molecule has 4 heteroatoms. The van der Waals surface area contributed by atoms with E-state index in [-0.39, 0.29) is 0 Å². The number of nitrogens with one attached hydrogen (secondary N) is 1. The molecular weight excluding hydrogens is 298 g/mol. The quantitative estimate of drug-likeness (QED) is 0.643. The Morgan fingerprint density at radius 1 is 1.29 bits per heavy atom. The smallest absolute Gasteiger partial charge is 0.193 e. The van der Waals surface area contributed by atoms with E-state index in [9.17, 15) is 0 Å². The van der Waals surface area contributed by atoms with Crippen LogP contribution in [0.4, 0.5) is 0 Å². The molecule has 1 N–H and O–H groups in total. The number of guanidine groups is 1. The first-order valence-electron chi connectivity index (χ1n) is 9.15. The Balaban J connectivity index is 1.97. The Morgan fingerprint density at radius 3 is 2.58 bits per heavy atom. The molecule has 1 atom stereocenters. The van der Waals surface area contributed by atoms with Crippen molar-refractivity contribution in [3.8, 4) is 0 Å². The molecule has 0 saturated carbocycles. The van der Waals surface area contributed by atoms with E-state index in [1.54, 1.807) is 0 Å². The standard InChI is InChI=1S/C20H33N3O/c1-6-21-20(23(5)13-18-8-10-24-14-18)22-9-7-19-16(3)11-15(2)12-17(19)4/h11-12,18H,6-10,13-14H2,1-5H3,(H,21,22). The van der Waals surface area contributed by atoms with Crippen LogP contribution in [0.2, 0.25) is 0 Å². The van der Waals surface area contributed by atoms with Gasteiger partial charge < -0.3 is 15.0 Å². The zero-order valence-corrected chi connectivity index (χ0v) is 16.0. The Hall–Kier alpha value is -1.55. The zero-order valence-electron chi connectivity index (χ0n) is 16.0. The second kappa shape index (κ2) is 9.07. The molecule has 1 heterocycles. The highest BCUT2D eigenvalue weighted by Gasteiger charge is 2.19. The van der Waals surface area contributed by atoms with Gasteiger partial charge in [-0.2, -0.15) is 0 Å². The number of nitrogens with zero attached hydrogens (tertiary/aromatic N) is 2. The summed E-state index contributed by atoms with van der Waals surface area (Å²) in [6, 6.07) is 4.53. The fourth-order valence-electron chi connectivity index (χ4n) is 3.55. The van der Waals surface area contributed by atoms with Gasteiger partial charge in [0.2, 0.25) is 0 Å². The normalized spacial score (nSPS) is 18.0. The van der Waals surface area contributed by atoms with Crippen LogP contribution < -0.4 is 5.32 Å². The topological polar surface area (TPSA) is 36.9 Å². The van der Waals surface area contributed by atoms with Gasteiger partial charge in [0.15, 0.2) is 5.96 Å². The van der Waals surface area contributed by atoms with Crippen molar-refractivity contribution in [1.82, 2.24) is 10.2 Å². The van der Waals surface area contributed by atoms with Gasteiger partial charge in [0.25, 0.3) is 0 Å². The summed E-state index contributed by atoms with van der Waals surface area (Å²) in [6.45, 7) is 13.2. The summed E-state index contributed by atoms with van der Waals surface area (Å²) in [6.07, 6.45) is 2.15. The van der Waals surface area contributed by atoms with Gasteiger partial charge in [-0.3, -0.25) is 4.99 Å². The maximum Gasteiger partial charge on any atom is 0.193 e. The minimum absolute atomic E-state index is 0.625. The van der Waals surface area contributed by atoms with Crippen molar-refractivity contribution in [2.24, 2.45) is 10.9 Å². The minimum Gasteiger partial charge on any atom is -0.381 e. The summed E-state index contributed by atoms with van der Waals surface area (Å²) in [5.41, 5.74) is 5.53. The average Bonchev–Trinajstić information content (AvgIpc) is 3.01. The SMILES string of the molecule is CCNC(=NCCc1c(C)cc(C)cc1C)N(C)CC1CCOC1. The summed E-state index contributed by atoms with van der Waals surface area (Å²) in [5.74, 6) is 1.63. The number of ether oxygens (including phenoxy) is 1. The highest BCUT2D eigenvalue weighted by atomic mass is 16.5. The van der Waals surface area contributed by atoms with Crippen LogP contribution in [0.15, 0.2) is 17.1 Å². The monoisotopic (exact) mass is 331 g/mol. The number of aliphatic imine (C=N–C) groups is 1. The van der Waals surface area contributed by atoms with Crippen LogP contribution in [0.5, 0.6) is 0 Å². The van der Waals surface area contributed by atoms with Crippen LogP contribution in [0, 0.1) is 26.7 Å². The fraction of sp³-hybridized carbons (Fsp3) is 0.650. The molecule has 1 aromatic carbocycles. The van der Waals surface area contributed by atoms with Crippen molar-refractivity contribution in [1.29, 1.82) is 0 Å². The Kier molecular flexibility index (Phi) is 7.10. The zero-order chi connectivity index (χ0) is 17.5. The van der Waals surface area contributed by atoms with Crippen LogP contribution in [-0.4, -0.2) is 50.8 Å². The van der Waals surface area contributed by atoms with Crippen molar-refractivity contribution in [2.45, 2.75) is 40.5 Å². The van der Waals surface area contributed by atoms with E-state index in [1.807, 2.05) is 0 Å². The van der Waals surface area contributed by atoms with Crippen LogP contribution in [0.3, 0.4) is 0 Å². The van der Waals surface area contributed by atoms with Crippen molar-refractivity contribution in [3.05, 3.63) is 34.4 Å². The third-order valence-electron chi connectivity index (χ3n) is 4.72. The summed E-state index contributed by atoms with van der Waals surface area (Å²) in [4.78, 5) is 7.09. The second-order valence-electron chi connectivity index (χ2n) is 6.97. The molecule has 1 unspecified atom stereocenters. The van der Waals surface area contributed by atoms with Gasteiger partial charge in [-0.1, -0.05) is 17.7 Å². The molecule has 0 radical (unpaired) electrons. The van der Waals surface area contributed by atoms with Gasteiger partial charge in [0.1, 0.15) is 0 Å². The van der Waals surface area contributed by atoms with Crippen LogP contribution in [0.25, 0.3) is 0 Å². The molecule has 1 aliphatic heterocycles. The molecule has 0 aliphatic carbocycles.